The van der Waals surface area contributed by atoms with Gasteiger partial charge in [0.15, 0.2) is 5.60 Å². The highest BCUT2D eigenvalue weighted by Crippen LogP contribution is 2.63. The zero-order chi connectivity index (χ0) is 23.4. The third kappa shape index (κ3) is 2.77. The number of hydrogen-bond donors (Lipinski definition) is 1. The van der Waals surface area contributed by atoms with Crippen LogP contribution in [0.5, 0.6) is 0 Å². The SMILES string of the molecule is C=C1N(S(=O)(=O)c2ccc(C)cc2)[C@](C)(c2ccccc2)C(F)(F)[C@@]1(O)c1ccccc1. The van der Waals surface area contributed by atoms with Crippen molar-refractivity contribution in [1.29, 1.82) is 0 Å². The molecule has 1 aliphatic heterocycles. The van der Waals surface area contributed by atoms with E-state index in [1.807, 2.05) is 0 Å². The summed E-state index contributed by atoms with van der Waals surface area (Å²) in [5, 5.41) is 11.5. The zero-order valence-corrected chi connectivity index (χ0v) is 18.5. The molecule has 0 spiro atoms. The van der Waals surface area contributed by atoms with E-state index in [1.54, 1.807) is 43.3 Å². The van der Waals surface area contributed by atoms with Gasteiger partial charge < -0.3 is 5.11 Å². The van der Waals surface area contributed by atoms with Gasteiger partial charge in [0.1, 0.15) is 5.54 Å². The van der Waals surface area contributed by atoms with Crippen LogP contribution in [0.3, 0.4) is 0 Å². The molecule has 0 unspecified atom stereocenters. The number of hydrogen-bond acceptors (Lipinski definition) is 3. The number of rotatable bonds is 4. The topological polar surface area (TPSA) is 57.6 Å². The van der Waals surface area contributed by atoms with Crippen LogP contribution in [0.25, 0.3) is 0 Å². The second-order valence-electron chi connectivity index (χ2n) is 8.12. The molecule has 0 saturated carbocycles. The summed E-state index contributed by atoms with van der Waals surface area (Å²) in [4.78, 5) is -0.167. The predicted molar refractivity (Wildman–Crippen MR) is 118 cm³/mol. The van der Waals surface area contributed by atoms with Crippen molar-refractivity contribution in [2.75, 3.05) is 0 Å². The van der Waals surface area contributed by atoms with Crippen molar-refractivity contribution < 1.29 is 22.3 Å². The summed E-state index contributed by atoms with van der Waals surface area (Å²) < 4.78 is 60.9. The Labute approximate surface area is 186 Å². The Balaban J connectivity index is 2.05. The lowest BCUT2D eigenvalue weighted by atomic mass is 9.77. The Kier molecular flexibility index (Phi) is 5.02. The number of aryl methyl sites for hydroxylation is 1. The Hall–Kier alpha value is -3.03. The van der Waals surface area contributed by atoms with Crippen LogP contribution in [0.15, 0.2) is 102 Å². The first kappa shape index (κ1) is 22.2. The van der Waals surface area contributed by atoms with E-state index in [0.717, 1.165) is 12.5 Å². The maximum atomic E-state index is 16.4. The minimum atomic E-state index is -4.52. The number of nitrogens with zero attached hydrogens (tertiary/aromatic N) is 1. The van der Waals surface area contributed by atoms with Crippen molar-refractivity contribution >= 4 is 10.0 Å². The van der Waals surface area contributed by atoms with Crippen LogP contribution in [-0.4, -0.2) is 23.8 Å². The van der Waals surface area contributed by atoms with Crippen molar-refractivity contribution in [2.45, 2.75) is 35.8 Å². The summed E-state index contributed by atoms with van der Waals surface area (Å²) in [5.74, 6) is -3.96. The van der Waals surface area contributed by atoms with E-state index in [2.05, 4.69) is 6.58 Å². The van der Waals surface area contributed by atoms with Gasteiger partial charge in [-0.1, -0.05) is 84.9 Å². The van der Waals surface area contributed by atoms with Crippen LogP contribution in [0, 0.1) is 6.92 Å². The lowest BCUT2D eigenvalue weighted by molar-refractivity contribution is -0.187. The standard InChI is InChI=1S/C25H23F2NO3S/c1-18-14-16-22(17-15-18)32(30,31)28-19(2)24(29,21-12-8-5-9-13-21)25(26,27)23(28,3)20-10-6-4-7-11-20/h4-17,29H,2H2,1,3H3/t23-,24+/m1/s1. The van der Waals surface area contributed by atoms with Gasteiger partial charge in [-0.15, -0.1) is 0 Å². The highest BCUT2D eigenvalue weighted by Gasteiger charge is 2.77. The summed E-state index contributed by atoms with van der Waals surface area (Å²) in [7, 11) is -4.52. The molecular weight excluding hydrogens is 432 g/mol. The van der Waals surface area contributed by atoms with Crippen LogP contribution in [-0.2, 0) is 21.2 Å². The fourth-order valence-electron chi connectivity index (χ4n) is 4.37. The molecule has 3 aromatic rings. The molecule has 7 heteroatoms. The molecule has 0 bridgehead atoms. The van der Waals surface area contributed by atoms with E-state index in [1.165, 1.54) is 48.5 Å². The molecule has 1 heterocycles. The molecule has 1 N–H and O–H groups in total. The largest absolute Gasteiger partial charge is 0.373 e. The van der Waals surface area contributed by atoms with Gasteiger partial charge in [-0.05, 0) is 37.1 Å². The first-order chi connectivity index (χ1) is 15.0. The Morgan fingerprint density at radius 3 is 1.81 bits per heavy atom. The second kappa shape index (κ2) is 7.25. The molecule has 3 aromatic carbocycles. The molecule has 0 amide bonds. The number of aliphatic hydroxyl groups is 1. The lowest BCUT2D eigenvalue weighted by Crippen LogP contribution is -2.54. The van der Waals surface area contributed by atoms with Crippen LogP contribution in [0.2, 0.25) is 0 Å². The predicted octanol–water partition coefficient (Wildman–Crippen LogP) is 4.95. The maximum absolute atomic E-state index is 16.4. The summed E-state index contributed by atoms with van der Waals surface area (Å²) in [6, 6.07) is 20.8. The second-order valence-corrected chi connectivity index (χ2v) is 9.90. The lowest BCUT2D eigenvalue weighted by Gasteiger charge is -2.40. The van der Waals surface area contributed by atoms with E-state index >= 15 is 8.78 Å². The third-order valence-corrected chi connectivity index (χ3v) is 8.16. The molecule has 166 valence electrons. The molecule has 4 rings (SSSR count). The van der Waals surface area contributed by atoms with Crippen molar-refractivity contribution in [2.24, 2.45) is 0 Å². The fraction of sp³-hybridized carbons (Fsp3) is 0.200. The normalized spacial score (nSPS) is 25.2. The highest BCUT2D eigenvalue weighted by molar-refractivity contribution is 7.89. The van der Waals surface area contributed by atoms with Gasteiger partial charge in [0.05, 0.1) is 10.6 Å². The Morgan fingerprint density at radius 2 is 1.31 bits per heavy atom. The zero-order valence-electron chi connectivity index (χ0n) is 17.7. The average Bonchev–Trinajstić information content (AvgIpc) is 2.91. The maximum Gasteiger partial charge on any atom is 0.313 e. The summed E-state index contributed by atoms with van der Waals surface area (Å²) in [5.41, 5.74) is -5.29. The van der Waals surface area contributed by atoms with Gasteiger partial charge in [0.25, 0.3) is 10.0 Å². The van der Waals surface area contributed by atoms with E-state index in [-0.39, 0.29) is 16.0 Å². The van der Waals surface area contributed by atoms with Crippen LogP contribution < -0.4 is 0 Å². The van der Waals surface area contributed by atoms with Crippen LogP contribution in [0.4, 0.5) is 8.78 Å². The molecule has 0 aromatic heterocycles. The molecule has 0 aliphatic carbocycles. The first-order valence-corrected chi connectivity index (χ1v) is 11.5. The molecule has 2 atom stereocenters. The average molecular weight is 456 g/mol. The minimum absolute atomic E-state index is 0.0358. The van der Waals surface area contributed by atoms with Crippen molar-refractivity contribution in [3.05, 3.63) is 114 Å². The van der Waals surface area contributed by atoms with Gasteiger partial charge in [0, 0.05) is 0 Å². The van der Waals surface area contributed by atoms with Gasteiger partial charge in [-0.2, -0.15) is 8.78 Å². The van der Waals surface area contributed by atoms with E-state index in [4.69, 9.17) is 0 Å². The first-order valence-electron chi connectivity index (χ1n) is 10.0. The van der Waals surface area contributed by atoms with Gasteiger partial charge in [-0.25, -0.2) is 8.42 Å². The number of benzene rings is 3. The highest BCUT2D eigenvalue weighted by atomic mass is 32.2. The number of alkyl halides is 2. The fourth-order valence-corrected chi connectivity index (χ4v) is 6.18. The Bertz CT molecular complexity index is 1260. The van der Waals surface area contributed by atoms with E-state index in [9.17, 15) is 13.5 Å². The van der Waals surface area contributed by atoms with Crippen molar-refractivity contribution in [1.82, 2.24) is 4.31 Å². The molecule has 1 aliphatic rings. The van der Waals surface area contributed by atoms with Crippen LogP contribution >= 0.6 is 0 Å². The molecule has 0 radical (unpaired) electrons. The smallest absolute Gasteiger partial charge is 0.313 e. The van der Waals surface area contributed by atoms with Crippen LogP contribution in [0.1, 0.15) is 23.6 Å². The van der Waals surface area contributed by atoms with Crippen molar-refractivity contribution in [3.63, 3.8) is 0 Å². The molecule has 1 fully saturated rings. The monoisotopic (exact) mass is 455 g/mol. The molecular formula is C25H23F2NO3S. The van der Waals surface area contributed by atoms with Gasteiger partial charge in [-0.3, -0.25) is 4.31 Å². The minimum Gasteiger partial charge on any atom is -0.373 e. The molecule has 32 heavy (non-hydrogen) atoms. The molecule has 1 saturated heterocycles. The van der Waals surface area contributed by atoms with Gasteiger partial charge in [0.2, 0.25) is 0 Å². The summed E-state index contributed by atoms with van der Waals surface area (Å²) >= 11 is 0. The van der Waals surface area contributed by atoms with Gasteiger partial charge >= 0.3 is 5.92 Å². The van der Waals surface area contributed by atoms with Crippen molar-refractivity contribution in [3.8, 4) is 0 Å². The summed E-state index contributed by atoms with van der Waals surface area (Å²) in [6.07, 6.45) is 0. The number of halogens is 2. The quantitative estimate of drug-likeness (QED) is 0.606. The molecule has 4 nitrogen and oxygen atoms in total. The van der Waals surface area contributed by atoms with E-state index < -0.39 is 32.8 Å². The van der Waals surface area contributed by atoms with E-state index in [0.29, 0.717) is 4.31 Å². The summed E-state index contributed by atoms with van der Waals surface area (Å²) in [6.45, 7) is 6.63. The Morgan fingerprint density at radius 1 is 0.844 bits per heavy atom. The third-order valence-electron chi connectivity index (χ3n) is 6.22. The number of sulfonamides is 1.